The van der Waals surface area contributed by atoms with Crippen molar-refractivity contribution >= 4 is 50.9 Å². The fourth-order valence-electron chi connectivity index (χ4n) is 6.62. The Labute approximate surface area is 327 Å². The Morgan fingerprint density at radius 3 is 1.98 bits per heavy atom. The lowest BCUT2D eigenvalue weighted by molar-refractivity contribution is -0.119. The number of carbonyl (C=O) groups is 2. The summed E-state index contributed by atoms with van der Waals surface area (Å²) >= 11 is 7.80. The van der Waals surface area contributed by atoms with Crippen molar-refractivity contribution in [3.05, 3.63) is 122 Å². The number of ether oxygens (including phenoxy) is 1. The number of benzene rings is 4. The number of carbonyl (C=O) groups excluding carboxylic acids is 1. The monoisotopic (exact) mass is 838 g/mol. The minimum Gasteiger partial charge on any atom is -0.487 e. The number of nitrogens with zero attached hydrogens (tertiary/aromatic N) is 2. The molecule has 1 saturated heterocycles. The second-order valence-corrected chi connectivity index (χ2v) is 17.5. The van der Waals surface area contributed by atoms with Gasteiger partial charge in [-0.05, 0) is 102 Å². The second-order valence-electron chi connectivity index (χ2n) is 14.0. The van der Waals surface area contributed by atoms with Crippen LogP contribution in [0.5, 0.6) is 5.75 Å². The molecule has 1 amide bonds. The second kappa shape index (κ2) is 15.9. The van der Waals surface area contributed by atoms with Gasteiger partial charge in [0.1, 0.15) is 17.7 Å². The Hall–Kier alpha value is -4.25. The SMILES string of the molecule is O=C(O)c1ccc(N(Cc2cc(C3CC3)cc(C3CC3)c2)C(=O)CN(Cc2ccc(F)cc2Cl)S(=O)(=O)c2c(F)c(F)c(F)c(F)c2F)c(OC2CCSC2)c1. The van der Waals surface area contributed by atoms with Gasteiger partial charge in [0.25, 0.3) is 0 Å². The largest absolute Gasteiger partial charge is 0.487 e. The third-order valence-corrected chi connectivity index (χ3v) is 13.2. The maximum absolute atomic E-state index is 15.2. The first-order valence-electron chi connectivity index (χ1n) is 17.6. The number of amides is 1. The van der Waals surface area contributed by atoms with Gasteiger partial charge in [-0.1, -0.05) is 35.9 Å². The number of sulfonamides is 1. The number of hydrogen-bond donors (Lipinski definition) is 1. The molecular weight excluding hydrogens is 806 g/mol. The van der Waals surface area contributed by atoms with Gasteiger partial charge in [-0.3, -0.25) is 4.79 Å². The quantitative estimate of drug-likeness (QED) is 0.0769. The highest BCUT2D eigenvalue weighted by Gasteiger charge is 2.39. The Morgan fingerprint density at radius 1 is 0.804 bits per heavy atom. The van der Waals surface area contributed by atoms with Gasteiger partial charge in [0.15, 0.2) is 28.2 Å². The predicted octanol–water partition coefficient (Wildman–Crippen LogP) is 8.94. The highest BCUT2D eigenvalue weighted by molar-refractivity contribution is 7.99. The molecule has 1 N–H and O–H groups in total. The first-order valence-corrected chi connectivity index (χ1v) is 20.6. The van der Waals surface area contributed by atoms with Crippen LogP contribution in [0.1, 0.15) is 76.6 Å². The van der Waals surface area contributed by atoms with Gasteiger partial charge < -0.3 is 14.7 Å². The molecule has 0 bridgehead atoms. The summed E-state index contributed by atoms with van der Waals surface area (Å²) in [4.78, 5) is 25.7. The first-order chi connectivity index (χ1) is 26.6. The Balaban J connectivity index is 1.35. The average molecular weight is 839 g/mol. The van der Waals surface area contributed by atoms with E-state index in [9.17, 15) is 40.7 Å². The molecule has 1 unspecified atom stereocenters. The van der Waals surface area contributed by atoms with E-state index in [1.807, 2.05) is 12.1 Å². The number of aromatic carboxylic acids is 1. The summed E-state index contributed by atoms with van der Waals surface area (Å²) in [5, 5.41) is 9.48. The number of rotatable bonds is 14. The summed E-state index contributed by atoms with van der Waals surface area (Å²) in [6.07, 6.45) is 4.13. The van der Waals surface area contributed by atoms with E-state index in [0.717, 1.165) is 65.7 Å². The van der Waals surface area contributed by atoms with Gasteiger partial charge in [-0.15, -0.1) is 0 Å². The molecule has 1 atom stereocenters. The summed E-state index contributed by atoms with van der Waals surface area (Å²) in [5.41, 5.74) is 2.45. The number of anilines is 1. The van der Waals surface area contributed by atoms with Crippen LogP contribution in [-0.2, 0) is 27.9 Å². The molecule has 1 aliphatic heterocycles. The molecule has 3 aliphatic rings. The standard InChI is InChI=1S/C39H33ClF6N2O6S2/c40-29-15-27(41)7-5-24(29)17-47(56(52,53)38-36(45)34(43)33(42)35(44)37(38)46)18-32(49)48(16-20-11-25(21-1-2-21)13-26(12-20)22-3-4-22)30-8-6-23(39(50)51)14-31(30)54-28-9-10-55-19-28/h5-8,11-15,21-22,28H,1-4,9-10,16-19H2,(H,50,51). The van der Waals surface area contributed by atoms with Crippen molar-refractivity contribution in [2.24, 2.45) is 0 Å². The van der Waals surface area contributed by atoms with Crippen molar-refractivity contribution in [1.82, 2.24) is 4.31 Å². The lowest BCUT2D eigenvalue weighted by atomic mass is 9.99. The molecule has 0 aromatic heterocycles. The topological polar surface area (TPSA) is 104 Å². The van der Waals surface area contributed by atoms with Crippen molar-refractivity contribution < 1.29 is 54.2 Å². The van der Waals surface area contributed by atoms with Gasteiger partial charge in [0.2, 0.25) is 21.7 Å². The minimum absolute atomic E-state index is 0.0118. The molecular formula is C39H33ClF6N2O6S2. The van der Waals surface area contributed by atoms with Gasteiger partial charge in [0.05, 0.1) is 24.3 Å². The molecule has 3 fully saturated rings. The predicted molar refractivity (Wildman–Crippen MR) is 197 cm³/mol. The number of thioether (sulfide) groups is 1. The van der Waals surface area contributed by atoms with E-state index in [1.165, 1.54) is 18.2 Å². The van der Waals surface area contributed by atoms with E-state index in [1.54, 1.807) is 11.8 Å². The van der Waals surface area contributed by atoms with Crippen molar-refractivity contribution in [3.63, 3.8) is 0 Å². The summed E-state index contributed by atoms with van der Waals surface area (Å²) in [6, 6.07) is 12.5. The number of halogens is 7. The molecule has 8 nitrogen and oxygen atoms in total. The molecule has 2 saturated carbocycles. The third-order valence-electron chi connectivity index (χ3n) is 9.90. The lowest BCUT2D eigenvalue weighted by Crippen LogP contribution is -2.43. The van der Waals surface area contributed by atoms with Crippen LogP contribution in [0.15, 0.2) is 59.5 Å². The van der Waals surface area contributed by atoms with Crippen LogP contribution >= 0.6 is 23.4 Å². The van der Waals surface area contributed by atoms with Crippen LogP contribution in [0.2, 0.25) is 5.02 Å². The zero-order valence-corrected chi connectivity index (χ0v) is 31.7. The number of hydrogen-bond acceptors (Lipinski definition) is 6. The Bertz CT molecular complexity index is 2280. The van der Waals surface area contributed by atoms with Gasteiger partial charge in [-0.25, -0.2) is 39.6 Å². The molecule has 2 aliphatic carbocycles. The van der Waals surface area contributed by atoms with Crippen molar-refractivity contribution in [2.75, 3.05) is 23.0 Å². The van der Waals surface area contributed by atoms with E-state index >= 15 is 8.78 Å². The van der Waals surface area contributed by atoms with Crippen molar-refractivity contribution in [2.45, 2.75) is 68.0 Å². The molecule has 7 rings (SSSR count). The van der Waals surface area contributed by atoms with Crippen molar-refractivity contribution in [1.29, 1.82) is 0 Å². The molecule has 4 aromatic rings. The molecule has 0 spiro atoms. The van der Waals surface area contributed by atoms with Crippen LogP contribution in [-0.4, -0.2) is 53.9 Å². The molecule has 0 radical (unpaired) electrons. The molecule has 17 heteroatoms. The van der Waals surface area contributed by atoms with Crippen LogP contribution in [0, 0.1) is 34.9 Å². The van der Waals surface area contributed by atoms with E-state index < -0.39 is 74.8 Å². The highest BCUT2D eigenvalue weighted by atomic mass is 35.5. The maximum atomic E-state index is 15.2. The van der Waals surface area contributed by atoms with E-state index in [2.05, 4.69) is 6.07 Å². The maximum Gasteiger partial charge on any atom is 0.335 e. The lowest BCUT2D eigenvalue weighted by Gasteiger charge is -2.30. The summed E-state index contributed by atoms with van der Waals surface area (Å²) in [5.74, 6) is -14.2. The van der Waals surface area contributed by atoms with E-state index in [0.29, 0.717) is 29.6 Å². The average Bonchev–Trinajstić information content (AvgIpc) is 4.11. The van der Waals surface area contributed by atoms with Crippen LogP contribution < -0.4 is 9.64 Å². The zero-order valence-electron chi connectivity index (χ0n) is 29.3. The van der Waals surface area contributed by atoms with Crippen molar-refractivity contribution in [3.8, 4) is 5.75 Å². The fourth-order valence-corrected chi connectivity index (χ4v) is 9.42. The molecule has 1 heterocycles. The normalized spacial score (nSPS) is 17.0. The first kappa shape index (κ1) is 40.0. The number of carboxylic acid groups (broad SMARTS) is 1. The van der Waals surface area contributed by atoms with Crippen LogP contribution in [0.25, 0.3) is 0 Å². The zero-order chi connectivity index (χ0) is 40.1. The summed E-state index contributed by atoms with van der Waals surface area (Å²) < 4.78 is 122. The minimum atomic E-state index is -5.77. The van der Waals surface area contributed by atoms with Gasteiger partial charge in [0, 0.05) is 17.3 Å². The third kappa shape index (κ3) is 8.38. The molecule has 296 valence electrons. The summed E-state index contributed by atoms with van der Waals surface area (Å²) in [7, 11) is -5.77. The highest BCUT2D eigenvalue weighted by Crippen LogP contribution is 2.46. The Kier molecular flexibility index (Phi) is 11.4. The molecule has 56 heavy (non-hydrogen) atoms. The van der Waals surface area contributed by atoms with Gasteiger partial charge in [-0.2, -0.15) is 16.1 Å². The smallest absolute Gasteiger partial charge is 0.335 e. The molecule has 4 aromatic carbocycles. The summed E-state index contributed by atoms with van der Waals surface area (Å²) in [6.45, 7) is -2.44. The fraction of sp³-hybridized carbons (Fsp3) is 0.333. The van der Waals surface area contributed by atoms with Crippen LogP contribution in [0.4, 0.5) is 32.0 Å². The van der Waals surface area contributed by atoms with Gasteiger partial charge >= 0.3 is 5.97 Å². The number of carboxylic acids is 1. The van der Waals surface area contributed by atoms with E-state index in [-0.39, 0.29) is 44.5 Å². The Morgan fingerprint density at radius 2 is 1.43 bits per heavy atom. The van der Waals surface area contributed by atoms with E-state index in [4.69, 9.17) is 16.3 Å². The van der Waals surface area contributed by atoms with Crippen LogP contribution in [0.3, 0.4) is 0 Å².